The monoisotopic (exact) mass is 408 g/mol. The Hall–Kier alpha value is -3.12. The van der Waals surface area contributed by atoms with E-state index in [4.69, 9.17) is 0 Å². The molecule has 2 amide bonds. The van der Waals surface area contributed by atoms with Crippen LogP contribution in [0.1, 0.15) is 12.5 Å². The van der Waals surface area contributed by atoms with Crippen molar-refractivity contribution in [3.63, 3.8) is 0 Å². The summed E-state index contributed by atoms with van der Waals surface area (Å²) in [4.78, 5) is 25.4. The van der Waals surface area contributed by atoms with Crippen LogP contribution in [0.5, 0.6) is 0 Å². The smallest absolute Gasteiger partial charge is 0.237 e. The molecule has 148 valence electrons. The molecule has 2 N–H and O–H groups in total. The van der Waals surface area contributed by atoms with Gasteiger partial charge in [0.2, 0.25) is 11.8 Å². The van der Waals surface area contributed by atoms with Gasteiger partial charge in [-0.2, -0.15) is 0 Å². The van der Waals surface area contributed by atoms with Crippen LogP contribution in [0.4, 0.5) is 15.8 Å². The highest BCUT2D eigenvalue weighted by Gasteiger charge is 2.15. The molecule has 0 bridgehead atoms. The van der Waals surface area contributed by atoms with Crippen LogP contribution in [0.15, 0.2) is 83.8 Å². The van der Waals surface area contributed by atoms with Gasteiger partial charge < -0.3 is 10.6 Å². The van der Waals surface area contributed by atoms with Gasteiger partial charge in [0.25, 0.3) is 0 Å². The van der Waals surface area contributed by atoms with Gasteiger partial charge in [-0.05, 0) is 61.0 Å². The zero-order valence-corrected chi connectivity index (χ0v) is 16.7. The Morgan fingerprint density at radius 1 is 0.862 bits per heavy atom. The summed E-state index contributed by atoms with van der Waals surface area (Å²) >= 11 is 1.41. The molecule has 6 heteroatoms. The number of amides is 2. The van der Waals surface area contributed by atoms with E-state index in [0.29, 0.717) is 17.8 Å². The fourth-order valence-corrected chi connectivity index (χ4v) is 3.51. The van der Waals surface area contributed by atoms with Gasteiger partial charge in [0.05, 0.1) is 11.7 Å². The number of nitrogens with one attached hydrogen (secondary N) is 2. The lowest BCUT2D eigenvalue weighted by molar-refractivity contribution is -0.116. The predicted molar refractivity (Wildman–Crippen MR) is 116 cm³/mol. The number of rotatable bonds is 7. The molecule has 29 heavy (non-hydrogen) atoms. The van der Waals surface area contributed by atoms with Crippen molar-refractivity contribution in [2.75, 3.05) is 10.6 Å². The second-order valence-corrected chi connectivity index (χ2v) is 7.91. The summed E-state index contributed by atoms with van der Waals surface area (Å²) in [5.74, 6) is -0.591. The van der Waals surface area contributed by atoms with E-state index in [9.17, 15) is 14.0 Å². The van der Waals surface area contributed by atoms with Gasteiger partial charge in [-0.15, -0.1) is 11.8 Å². The average molecular weight is 408 g/mol. The molecule has 0 saturated heterocycles. The van der Waals surface area contributed by atoms with Crippen molar-refractivity contribution in [3.8, 4) is 0 Å². The Labute approximate surface area is 173 Å². The van der Waals surface area contributed by atoms with Gasteiger partial charge in [0, 0.05) is 16.3 Å². The van der Waals surface area contributed by atoms with E-state index in [1.165, 1.54) is 36.0 Å². The number of hydrogen-bond donors (Lipinski definition) is 2. The summed E-state index contributed by atoms with van der Waals surface area (Å²) in [7, 11) is 0. The molecule has 1 unspecified atom stereocenters. The van der Waals surface area contributed by atoms with Crippen molar-refractivity contribution in [2.45, 2.75) is 23.5 Å². The number of thioether (sulfide) groups is 1. The Bertz CT molecular complexity index is 960. The van der Waals surface area contributed by atoms with E-state index in [0.717, 1.165) is 10.5 Å². The lowest BCUT2D eigenvalue weighted by Crippen LogP contribution is -2.22. The highest BCUT2D eigenvalue weighted by atomic mass is 32.2. The zero-order chi connectivity index (χ0) is 20.6. The summed E-state index contributed by atoms with van der Waals surface area (Å²) < 4.78 is 12.9. The first kappa shape index (κ1) is 20.6. The molecule has 0 aliphatic heterocycles. The van der Waals surface area contributed by atoms with Gasteiger partial charge in [-0.1, -0.05) is 30.3 Å². The Morgan fingerprint density at radius 3 is 2.10 bits per heavy atom. The molecule has 0 saturated carbocycles. The molecule has 0 radical (unpaired) electrons. The maximum Gasteiger partial charge on any atom is 0.237 e. The molecule has 1 atom stereocenters. The van der Waals surface area contributed by atoms with E-state index in [2.05, 4.69) is 10.6 Å². The minimum Gasteiger partial charge on any atom is -0.326 e. The second kappa shape index (κ2) is 9.89. The number of carbonyl (C=O) groups is 2. The van der Waals surface area contributed by atoms with Crippen LogP contribution in [0.3, 0.4) is 0 Å². The number of carbonyl (C=O) groups excluding carboxylic acids is 2. The highest BCUT2D eigenvalue weighted by molar-refractivity contribution is 8.00. The molecule has 3 aromatic carbocycles. The molecule has 3 aromatic rings. The maximum atomic E-state index is 12.9. The third-order valence-corrected chi connectivity index (χ3v) is 5.25. The number of benzene rings is 3. The summed E-state index contributed by atoms with van der Waals surface area (Å²) in [6, 6.07) is 22.6. The van der Waals surface area contributed by atoms with Crippen molar-refractivity contribution in [2.24, 2.45) is 0 Å². The topological polar surface area (TPSA) is 58.2 Å². The minimum atomic E-state index is -0.346. The molecule has 3 rings (SSSR count). The first-order chi connectivity index (χ1) is 14.0. The summed E-state index contributed by atoms with van der Waals surface area (Å²) in [6.07, 6.45) is 0.317. The van der Waals surface area contributed by atoms with E-state index >= 15 is 0 Å². The number of anilines is 2. The summed E-state index contributed by atoms with van der Waals surface area (Å²) in [5.41, 5.74) is 2.22. The molecule has 0 aliphatic carbocycles. The normalized spacial score (nSPS) is 11.5. The van der Waals surface area contributed by atoms with Gasteiger partial charge in [0.15, 0.2) is 0 Å². The quantitative estimate of drug-likeness (QED) is 0.533. The first-order valence-corrected chi connectivity index (χ1v) is 10.0. The fraction of sp³-hybridized carbons (Fsp3) is 0.130. The van der Waals surface area contributed by atoms with Crippen LogP contribution in [0, 0.1) is 5.82 Å². The standard InChI is InChI=1S/C23H21FN2O2S/c1-16(23(28)26-20-9-7-18(24)8-10-20)29-21-13-11-19(12-14-21)25-22(27)15-17-5-3-2-4-6-17/h2-14,16H,15H2,1H3,(H,25,27)(H,26,28). The van der Waals surface area contributed by atoms with Crippen LogP contribution >= 0.6 is 11.8 Å². The maximum absolute atomic E-state index is 12.9. The fourth-order valence-electron chi connectivity index (χ4n) is 2.64. The van der Waals surface area contributed by atoms with Gasteiger partial charge >= 0.3 is 0 Å². The van der Waals surface area contributed by atoms with Gasteiger partial charge in [-0.25, -0.2) is 4.39 Å². The van der Waals surface area contributed by atoms with Gasteiger partial charge in [-0.3, -0.25) is 9.59 Å². The molecule has 0 fully saturated rings. The van der Waals surface area contributed by atoms with Crippen LogP contribution in [0.25, 0.3) is 0 Å². The lowest BCUT2D eigenvalue weighted by Gasteiger charge is -2.12. The van der Waals surface area contributed by atoms with Crippen molar-refractivity contribution in [1.29, 1.82) is 0 Å². The summed E-state index contributed by atoms with van der Waals surface area (Å²) in [6.45, 7) is 1.80. The average Bonchev–Trinajstić information content (AvgIpc) is 2.72. The Balaban J connectivity index is 1.50. The molecular formula is C23H21FN2O2S. The minimum absolute atomic E-state index is 0.0800. The molecule has 0 spiro atoms. The lowest BCUT2D eigenvalue weighted by atomic mass is 10.1. The van der Waals surface area contributed by atoms with Gasteiger partial charge in [0.1, 0.15) is 5.82 Å². The largest absolute Gasteiger partial charge is 0.326 e. The van der Waals surface area contributed by atoms with Crippen molar-refractivity contribution < 1.29 is 14.0 Å². The highest BCUT2D eigenvalue weighted by Crippen LogP contribution is 2.25. The second-order valence-electron chi connectivity index (χ2n) is 6.49. The number of hydrogen-bond acceptors (Lipinski definition) is 3. The van der Waals surface area contributed by atoms with E-state index in [1.807, 2.05) is 54.6 Å². The molecule has 4 nitrogen and oxygen atoms in total. The van der Waals surface area contributed by atoms with Crippen molar-refractivity contribution in [3.05, 3.63) is 90.2 Å². The summed E-state index contributed by atoms with van der Waals surface area (Å²) in [5, 5.41) is 5.30. The van der Waals surface area contributed by atoms with Crippen LogP contribution < -0.4 is 10.6 Å². The van der Waals surface area contributed by atoms with E-state index < -0.39 is 0 Å². The zero-order valence-electron chi connectivity index (χ0n) is 15.9. The van der Waals surface area contributed by atoms with E-state index in [-0.39, 0.29) is 22.9 Å². The molecule has 0 aliphatic rings. The third-order valence-electron chi connectivity index (χ3n) is 4.14. The van der Waals surface area contributed by atoms with Crippen molar-refractivity contribution in [1.82, 2.24) is 0 Å². The Kier molecular flexibility index (Phi) is 7.03. The predicted octanol–water partition coefficient (Wildman–Crippen LogP) is 5.13. The van der Waals surface area contributed by atoms with E-state index in [1.54, 1.807) is 6.92 Å². The molecular weight excluding hydrogens is 387 g/mol. The molecule has 0 aromatic heterocycles. The first-order valence-electron chi connectivity index (χ1n) is 9.16. The van der Waals surface area contributed by atoms with Crippen LogP contribution in [-0.4, -0.2) is 17.1 Å². The van der Waals surface area contributed by atoms with Crippen LogP contribution in [0.2, 0.25) is 0 Å². The van der Waals surface area contributed by atoms with Crippen molar-refractivity contribution >= 4 is 35.0 Å². The van der Waals surface area contributed by atoms with Crippen LogP contribution in [-0.2, 0) is 16.0 Å². The SMILES string of the molecule is CC(Sc1ccc(NC(=O)Cc2ccccc2)cc1)C(=O)Nc1ccc(F)cc1. The Morgan fingerprint density at radius 2 is 1.45 bits per heavy atom. The third kappa shape index (κ3) is 6.47. The molecule has 0 heterocycles. The number of halogens is 1.